The lowest BCUT2D eigenvalue weighted by molar-refractivity contribution is -0.121. The summed E-state index contributed by atoms with van der Waals surface area (Å²) in [5.41, 5.74) is 3.34. The van der Waals surface area contributed by atoms with Crippen LogP contribution in [0, 0.1) is 0 Å². The molecule has 1 N–H and O–H groups in total. The second-order valence-corrected chi connectivity index (χ2v) is 6.86. The molecule has 1 aromatic rings. The Bertz CT molecular complexity index is 518. The highest BCUT2D eigenvalue weighted by atomic mass is 35.5. The molecule has 1 amide bonds. The third kappa shape index (κ3) is 9.94. The zero-order chi connectivity index (χ0) is 17.6. The number of nitrogens with zero attached hydrogens (tertiary/aromatic N) is 1. The zero-order valence-corrected chi connectivity index (χ0v) is 16.0. The quantitative estimate of drug-likeness (QED) is 0.259. The van der Waals surface area contributed by atoms with Crippen molar-refractivity contribution in [3.05, 3.63) is 33.8 Å². The highest BCUT2D eigenvalue weighted by molar-refractivity contribution is 6.42. The van der Waals surface area contributed by atoms with E-state index in [0.717, 1.165) is 18.4 Å². The molecule has 24 heavy (non-hydrogen) atoms. The van der Waals surface area contributed by atoms with Crippen LogP contribution in [-0.4, -0.2) is 12.1 Å². The van der Waals surface area contributed by atoms with Gasteiger partial charge in [-0.2, -0.15) is 5.10 Å². The minimum atomic E-state index is -0.0470. The molecule has 1 aromatic carbocycles. The number of amides is 1. The van der Waals surface area contributed by atoms with Gasteiger partial charge in [-0.15, -0.1) is 0 Å². The number of unbranched alkanes of at least 4 members (excludes halogenated alkanes) is 8. The summed E-state index contributed by atoms with van der Waals surface area (Å²) in [6.45, 7) is 2.24. The second-order valence-electron chi connectivity index (χ2n) is 6.05. The first-order chi connectivity index (χ1) is 11.6. The van der Waals surface area contributed by atoms with Crippen LogP contribution >= 0.6 is 23.2 Å². The number of benzene rings is 1. The fraction of sp³-hybridized carbons (Fsp3) is 0.579. The Kier molecular flexibility index (Phi) is 11.6. The van der Waals surface area contributed by atoms with E-state index < -0.39 is 0 Å². The van der Waals surface area contributed by atoms with Crippen LogP contribution in [-0.2, 0) is 4.79 Å². The molecule has 0 heterocycles. The molecule has 0 atom stereocenters. The molecule has 0 aliphatic carbocycles. The van der Waals surface area contributed by atoms with Crippen molar-refractivity contribution in [3.63, 3.8) is 0 Å². The Labute approximate surface area is 155 Å². The number of hydrogen-bond donors (Lipinski definition) is 1. The van der Waals surface area contributed by atoms with Crippen molar-refractivity contribution >= 4 is 35.3 Å². The average Bonchev–Trinajstić information content (AvgIpc) is 2.56. The molecule has 0 spiro atoms. The molecule has 0 aromatic heterocycles. The number of rotatable bonds is 12. The number of hydrazone groups is 1. The van der Waals surface area contributed by atoms with Gasteiger partial charge >= 0.3 is 0 Å². The van der Waals surface area contributed by atoms with Crippen molar-refractivity contribution in [3.8, 4) is 0 Å². The number of halogens is 2. The molecule has 0 bridgehead atoms. The maximum Gasteiger partial charge on any atom is 0.240 e. The highest BCUT2D eigenvalue weighted by Gasteiger charge is 2.00. The van der Waals surface area contributed by atoms with E-state index >= 15 is 0 Å². The summed E-state index contributed by atoms with van der Waals surface area (Å²) in [5, 5.41) is 4.92. The van der Waals surface area contributed by atoms with E-state index in [4.69, 9.17) is 23.2 Å². The maximum absolute atomic E-state index is 11.7. The number of hydrogen-bond acceptors (Lipinski definition) is 2. The van der Waals surface area contributed by atoms with E-state index in [9.17, 15) is 4.79 Å². The lowest BCUT2D eigenvalue weighted by Gasteiger charge is -2.02. The molecule has 1 rings (SSSR count). The predicted molar refractivity (Wildman–Crippen MR) is 104 cm³/mol. The minimum absolute atomic E-state index is 0.0470. The summed E-state index contributed by atoms with van der Waals surface area (Å²) in [7, 11) is 0. The van der Waals surface area contributed by atoms with Crippen molar-refractivity contribution in [2.75, 3.05) is 0 Å². The summed E-state index contributed by atoms with van der Waals surface area (Å²) in [6, 6.07) is 5.21. The smallest absolute Gasteiger partial charge is 0.240 e. The zero-order valence-electron chi connectivity index (χ0n) is 14.5. The average molecular weight is 371 g/mol. The van der Waals surface area contributed by atoms with Crippen LogP contribution in [0.25, 0.3) is 0 Å². The molecule has 0 saturated heterocycles. The van der Waals surface area contributed by atoms with Crippen LogP contribution < -0.4 is 5.43 Å². The SMILES string of the molecule is CCCCCCCCCCCC(=O)N/N=C/c1ccc(Cl)c(Cl)c1. The number of nitrogens with one attached hydrogen (secondary N) is 1. The van der Waals surface area contributed by atoms with Crippen molar-refractivity contribution < 1.29 is 4.79 Å². The standard InChI is InChI=1S/C19H28Cl2N2O/c1-2-3-4-5-6-7-8-9-10-11-19(24)23-22-15-16-12-13-17(20)18(21)14-16/h12-15H,2-11H2,1H3,(H,23,24)/b22-15+. The minimum Gasteiger partial charge on any atom is -0.273 e. The molecule has 5 heteroatoms. The van der Waals surface area contributed by atoms with Crippen LogP contribution in [0.3, 0.4) is 0 Å². The molecular formula is C19H28Cl2N2O. The fourth-order valence-electron chi connectivity index (χ4n) is 2.42. The van der Waals surface area contributed by atoms with E-state index in [0.29, 0.717) is 16.5 Å². The normalized spacial score (nSPS) is 11.1. The molecule has 0 aliphatic rings. The summed E-state index contributed by atoms with van der Waals surface area (Å²) in [4.78, 5) is 11.7. The van der Waals surface area contributed by atoms with E-state index in [1.807, 2.05) is 0 Å². The van der Waals surface area contributed by atoms with Gasteiger partial charge in [-0.25, -0.2) is 5.43 Å². The van der Waals surface area contributed by atoms with Gasteiger partial charge in [-0.3, -0.25) is 4.79 Å². The topological polar surface area (TPSA) is 41.5 Å². The van der Waals surface area contributed by atoms with Crippen molar-refractivity contribution in [2.45, 2.75) is 71.1 Å². The fourth-order valence-corrected chi connectivity index (χ4v) is 2.73. The second kappa shape index (κ2) is 13.3. The maximum atomic E-state index is 11.7. The third-order valence-electron chi connectivity index (χ3n) is 3.85. The lowest BCUT2D eigenvalue weighted by Crippen LogP contribution is -2.16. The van der Waals surface area contributed by atoms with Gasteiger partial charge in [0.05, 0.1) is 16.3 Å². The van der Waals surface area contributed by atoms with Crippen LogP contribution in [0.5, 0.6) is 0 Å². The first-order valence-corrected chi connectivity index (χ1v) is 9.66. The van der Waals surface area contributed by atoms with Gasteiger partial charge in [0.1, 0.15) is 0 Å². The van der Waals surface area contributed by atoms with Crippen molar-refractivity contribution in [2.24, 2.45) is 5.10 Å². The van der Waals surface area contributed by atoms with Crippen LogP contribution in [0.2, 0.25) is 10.0 Å². The molecule has 0 saturated carbocycles. The first-order valence-electron chi connectivity index (χ1n) is 8.90. The van der Waals surface area contributed by atoms with Crippen LogP contribution in [0.4, 0.5) is 0 Å². The molecule has 0 unspecified atom stereocenters. The van der Waals surface area contributed by atoms with Gasteiger partial charge in [0.25, 0.3) is 0 Å². The van der Waals surface area contributed by atoms with Gasteiger partial charge in [0, 0.05) is 6.42 Å². The van der Waals surface area contributed by atoms with Gasteiger partial charge in [-0.05, 0) is 24.1 Å². The van der Waals surface area contributed by atoms with Gasteiger partial charge in [0.15, 0.2) is 0 Å². The molecule has 134 valence electrons. The Balaban J connectivity index is 2.05. The van der Waals surface area contributed by atoms with Gasteiger partial charge in [0.2, 0.25) is 5.91 Å². The third-order valence-corrected chi connectivity index (χ3v) is 4.59. The predicted octanol–water partition coefficient (Wildman–Crippen LogP) is 6.36. The number of carbonyl (C=O) groups excluding carboxylic acids is 1. The molecule has 0 fully saturated rings. The van der Waals surface area contributed by atoms with Gasteiger partial charge < -0.3 is 0 Å². The monoisotopic (exact) mass is 370 g/mol. The Morgan fingerprint density at radius 2 is 1.62 bits per heavy atom. The van der Waals surface area contributed by atoms with E-state index in [1.165, 1.54) is 44.9 Å². The summed E-state index contributed by atoms with van der Waals surface area (Å²) < 4.78 is 0. The largest absolute Gasteiger partial charge is 0.273 e. The van der Waals surface area contributed by atoms with Gasteiger partial charge in [-0.1, -0.05) is 87.6 Å². The molecule has 3 nitrogen and oxygen atoms in total. The Morgan fingerprint density at radius 1 is 1.00 bits per heavy atom. The van der Waals surface area contributed by atoms with Crippen LogP contribution in [0.15, 0.2) is 23.3 Å². The van der Waals surface area contributed by atoms with Crippen molar-refractivity contribution in [1.82, 2.24) is 5.43 Å². The summed E-state index contributed by atoms with van der Waals surface area (Å²) in [5.74, 6) is -0.0470. The summed E-state index contributed by atoms with van der Waals surface area (Å²) in [6.07, 6.45) is 13.3. The Morgan fingerprint density at radius 3 is 2.25 bits per heavy atom. The summed E-state index contributed by atoms with van der Waals surface area (Å²) >= 11 is 11.8. The molecule has 0 radical (unpaired) electrons. The molecule has 0 aliphatic heterocycles. The molecular weight excluding hydrogens is 343 g/mol. The Hall–Kier alpha value is -1.06. The van der Waals surface area contributed by atoms with E-state index in [2.05, 4.69) is 17.5 Å². The van der Waals surface area contributed by atoms with E-state index in [1.54, 1.807) is 24.4 Å². The lowest BCUT2D eigenvalue weighted by atomic mass is 10.1. The first kappa shape index (κ1) is 21.0. The highest BCUT2D eigenvalue weighted by Crippen LogP contribution is 2.21. The van der Waals surface area contributed by atoms with Crippen LogP contribution in [0.1, 0.15) is 76.7 Å². The van der Waals surface area contributed by atoms with Crippen molar-refractivity contribution in [1.29, 1.82) is 0 Å². The van der Waals surface area contributed by atoms with E-state index in [-0.39, 0.29) is 5.91 Å². The number of carbonyl (C=O) groups is 1.